The molecule has 1 saturated carbocycles. The van der Waals surface area contributed by atoms with Crippen LogP contribution in [0.25, 0.3) is 0 Å². The maximum atomic E-state index is 5.55. The zero-order chi connectivity index (χ0) is 12.1. The maximum absolute atomic E-state index is 5.55. The third-order valence-electron chi connectivity index (χ3n) is 3.32. The summed E-state index contributed by atoms with van der Waals surface area (Å²) in [5.41, 5.74) is 5.55. The Hall–Kier alpha value is -0.840. The largest absolute Gasteiger partial charge is 0.369 e. The van der Waals surface area contributed by atoms with Crippen LogP contribution in [0.5, 0.6) is 0 Å². The predicted octanol–water partition coefficient (Wildman–Crippen LogP) is 3.20. The number of nitrogens with one attached hydrogen (secondary N) is 1. The molecule has 3 N–H and O–H groups in total. The zero-order valence-corrected chi connectivity index (χ0v) is 11.5. The summed E-state index contributed by atoms with van der Waals surface area (Å²) >= 11 is 3.41. The van der Waals surface area contributed by atoms with Gasteiger partial charge in [0, 0.05) is 12.7 Å². The second kappa shape index (κ2) is 6.19. The van der Waals surface area contributed by atoms with E-state index >= 15 is 0 Å². The van der Waals surface area contributed by atoms with E-state index < -0.39 is 0 Å². The molecule has 1 heterocycles. The van der Waals surface area contributed by atoms with Gasteiger partial charge in [-0.15, -0.1) is 0 Å². The van der Waals surface area contributed by atoms with Crippen LogP contribution in [-0.2, 0) is 0 Å². The van der Waals surface area contributed by atoms with E-state index in [1.165, 1.54) is 38.5 Å². The van der Waals surface area contributed by atoms with Crippen LogP contribution in [0.2, 0.25) is 0 Å². The summed E-state index contributed by atoms with van der Waals surface area (Å²) in [5.74, 6) is 2.06. The highest BCUT2D eigenvalue weighted by atomic mass is 79.9. The van der Waals surface area contributed by atoms with Crippen molar-refractivity contribution in [2.24, 2.45) is 5.92 Å². The molecule has 0 radical (unpaired) electrons. The van der Waals surface area contributed by atoms with Crippen LogP contribution in [0.4, 0.5) is 11.8 Å². The van der Waals surface area contributed by atoms with Gasteiger partial charge in [-0.25, -0.2) is 4.98 Å². The van der Waals surface area contributed by atoms with Gasteiger partial charge in [0.2, 0.25) is 5.95 Å². The van der Waals surface area contributed by atoms with E-state index in [0.29, 0.717) is 5.95 Å². The molecule has 0 bridgehead atoms. The molecule has 0 atom stereocenters. The summed E-state index contributed by atoms with van der Waals surface area (Å²) in [5, 5.41) is 3.30. The molecule has 4 nitrogen and oxygen atoms in total. The van der Waals surface area contributed by atoms with Gasteiger partial charge < -0.3 is 11.1 Å². The fourth-order valence-corrected chi connectivity index (χ4v) is 2.73. The lowest BCUT2D eigenvalue weighted by Gasteiger charge is -2.10. The average molecular weight is 299 g/mol. The number of rotatable bonds is 5. The normalized spacial score (nSPS) is 16.3. The first kappa shape index (κ1) is 12.6. The van der Waals surface area contributed by atoms with Crippen LogP contribution in [0.1, 0.15) is 38.5 Å². The third kappa shape index (κ3) is 3.84. The highest BCUT2D eigenvalue weighted by Crippen LogP contribution is 2.28. The molecule has 0 spiro atoms. The van der Waals surface area contributed by atoms with E-state index in [9.17, 15) is 0 Å². The minimum absolute atomic E-state index is 0.312. The van der Waals surface area contributed by atoms with Gasteiger partial charge in [-0.05, 0) is 34.7 Å². The van der Waals surface area contributed by atoms with Crippen LogP contribution in [0, 0.1) is 5.92 Å². The number of hydrogen-bond acceptors (Lipinski definition) is 4. The van der Waals surface area contributed by atoms with Gasteiger partial charge in [0.05, 0.1) is 4.47 Å². The van der Waals surface area contributed by atoms with Crippen molar-refractivity contribution in [1.29, 1.82) is 0 Å². The molecule has 17 heavy (non-hydrogen) atoms. The molecule has 1 fully saturated rings. The third-order valence-corrected chi connectivity index (χ3v) is 3.90. The summed E-state index contributed by atoms with van der Waals surface area (Å²) in [6.45, 7) is 0.950. The maximum Gasteiger partial charge on any atom is 0.221 e. The second-order valence-electron chi connectivity index (χ2n) is 4.64. The van der Waals surface area contributed by atoms with E-state index in [0.717, 1.165) is 22.8 Å². The van der Waals surface area contributed by atoms with Crippen molar-refractivity contribution >= 4 is 27.7 Å². The molecule has 1 aliphatic carbocycles. The van der Waals surface area contributed by atoms with E-state index in [-0.39, 0.29) is 0 Å². The summed E-state index contributed by atoms with van der Waals surface area (Å²) in [6.07, 6.45) is 9.89. The van der Waals surface area contributed by atoms with Gasteiger partial charge in [0.15, 0.2) is 0 Å². The van der Waals surface area contributed by atoms with Crippen molar-refractivity contribution in [2.45, 2.75) is 38.5 Å². The van der Waals surface area contributed by atoms with Gasteiger partial charge in [0.25, 0.3) is 0 Å². The smallest absolute Gasteiger partial charge is 0.221 e. The van der Waals surface area contributed by atoms with Crippen molar-refractivity contribution in [3.05, 3.63) is 10.7 Å². The quantitative estimate of drug-likeness (QED) is 0.820. The molecule has 1 aromatic heterocycles. The van der Waals surface area contributed by atoms with Crippen molar-refractivity contribution in [3.8, 4) is 0 Å². The average Bonchev–Trinajstić information content (AvgIpc) is 2.82. The van der Waals surface area contributed by atoms with E-state index in [4.69, 9.17) is 5.73 Å². The lowest BCUT2D eigenvalue weighted by atomic mass is 10.0. The van der Waals surface area contributed by atoms with Crippen LogP contribution >= 0.6 is 15.9 Å². The van der Waals surface area contributed by atoms with Crippen molar-refractivity contribution < 1.29 is 0 Å². The van der Waals surface area contributed by atoms with Crippen LogP contribution in [0.15, 0.2) is 10.7 Å². The first-order valence-electron chi connectivity index (χ1n) is 6.27. The predicted molar refractivity (Wildman–Crippen MR) is 73.8 cm³/mol. The van der Waals surface area contributed by atoms with Crippen molar-refractivity contribution in [3.63, 3.8) is 0 Å². The Balaban J connectivity index is 1.72. The Kier molecular flexibility index (Phi) is 4.59. The van der Waals surface area contributed by atoms with Crippen LogP contribution in [0.3, 0.4) is 0 Å². The number of hydrogen-bond donors (Lipinski definition) is 2. The molecule has 1 aliphatic rings. The SMILES string of the molecule is Nc1ncc(Br)c(NCCCC2CCCC2)n1. The minimum atomic E-state index is 0.312. The minimum Gasteiger partial charge on any atom is -0.369 e. The summed E-state index contributed by atoms with van der Waals surface area (Å²) in [6, 6.07) is 0. The van der Waals surface area contributed by atoms with Crippen LogP contribution in [-0.4, -0.2) is 16.5 Å². The van der Waals surface area contributed by atoms with Gasteiger partial charge in [0.1, 0.15) is 5.82 Å². The topological polar surface area (TPSA) is 63.8 Å². The van der Waals surface area contributed by atoms with Gasteiger partial charge >= 0.3 is 0 Å². The lowest BCUT2D eigenvalue weighted by Crippen LogP contribution is -2.07. The number of nitrogens with two attached hydrogens (primary N) is 1. The number of aromatic nitrogens is 2. The van der Waals surface area contributed by atoms with Gasteiger partial charge in [-0.3, -0.25) is 0 Å². The molecule has 94 valence electrons. The Morgan fingerprint density at radius 3 is 2.94 bits per heavy atom. The van der Waals surface area contributed by atoms with Crippen LogP contribution < -0.4 is 11.1 Å². The molecule has 5 heteroatoms. The Morgan fingerprint density at radius 1 is 1.41 bits per heavy atom. The molecule has 1 aromatic rings. The van der Waals surface area contributed by atoms with E-state index in [1.54, 1.807) is 6.20 Å². The number of anilines is 2. The highest BCUT2D eigenvalue weighted by Gasteiger charge is 2.14. The molecule has 0 saturated heterocycles. The van der Waals surface area contributed by atoms with Crippen molar-refractivity contribution in [2.75, 3.05) is 17.6 Å². The number of nitrogen functional groups attached to an aromatic ring is 1. The molecule has 0 amide bonds. The monoisotopic (exact) mass is 298 g/mol. The molecule has 0 unspecified atom stereocenters. The standard InChI is InChI=1S/C12H19BrN4/c13-10-8-16-12(14)17-11(10)15-7-3-6-9-4-1-2-5-9/h8-9H,1-7H2,(H3,14,15,16,17). The molecule has 0 aliphatic heterocycles. The highest BCUT2D eigenvalue weighted by molar-refractivity contribution is 9.10. The molecular weight excluding hydrogens is 280 g/mol. The Bertz CT molecular complexity index is 364. The summed E-state index contributed by atoms with van der Waals surface area (Å²) < 4.78 is 0.868. The Labute approximate surface area is 111 Å². The van der Waals surface area contributed by atoms with E-state index in [1.807, 2.05) is 0 Å². The summed E-state index contributed by atoms with van der Waals surface area (Å²) in [7, 11) is 0. The number of nitrogens with zero attached hydrogens (tertiary/aromatic N) is 2. The molecule has 2 rings (SSSR count). The summed E-state index contributed by atoms with van der Waals surface area (Å²) in [4.78, 5) is 8.06. The molecule has 0 aromatic carbocycles. The van der Waals surface area contributed by atoms with Gasteiger partial charge in [-0.1, -0.05) is 25.7 Å². The fraction of sp³-hybridized carbons (Fsp3) is 0.667. The van der Waals surface area contributed by atoms with Crippen molar-refractivity contribution in [1.82, 2.24) is 9.97 Å². The first-order valence-corrected chi connectivity index (χ1v) is 7.07. The Morgan fingerprint density at radius 2 is 2.18 bits per heavy atom. The number of halogens is 1. The zero-order valence-electron chi connectivity index (χ0n) is 9.95. The fourth-order valence-electron chi connectivity index (χ4n) is 2.40. The second-order valence-corrected chi connectivity index (χ2v) is 5.50. The van der Waals surface area contributed by atoms with Gasteiger partial charge in [-0.2, -0.15) is 4.98 Å². The first-order chi connectivity index (χ1) is 8.25. The van der Waals surface area contributed by atoms with E-state index in [2.05, 4.69) is 31.2 Å². The molecular formula is C12H19BrN4. The lowest BCUT2D eigenvalue weighted by molar-refractivity contribution is 0.491.